The van der Waals surface area contributed by atoms with Crippen LogP contribution in [0.5, 0.6) is 0 Å². The fourth-order valence-electron chi connectivity index (χ4n) is 3.66. The fourth-order valence-corrected chi connectivity index (χ4v) is 3.66. The molecule has 0 amide bonds. The van der Waals surface area contributed by atoms with E-state index >= 15 is 0 Å². The molecule has 1 aliphatic carbocycles. The first-order valence-corrected chi connectivity index (χ1v) is 7.62. The molecule has 3 rings (SSSR count). The Balaban J connectivity index is 1.57. The number of anilines is 1. The van der Waals surface area contributed by atoms with E-state index in [1.165, 1.54) is 25.7 Å². The summed E-state index contributed by atoms with van der Waals surface area (Å²) < 4.78 is 0. The van der Waals surface area contributed by atoms with Gasteiger partial charge in [-0.25, -0.2) is 9.97 Å². The third-order valence-corrected chi connectivity index (χ3v) is 5.21. The van der Waals surface area contributed by atoms with E-state index in [0.717, 1.165) is 36.4 Å². The van der Waals surface area contributed by atoms with E-state index in [9.17, 15) is 0 Å². The van der Waals surface area contributed by atoms with E-state index < -0.39 is 0 Å². The topological polar surface area (TPSA) is 29.0 Å². The van der Waals surface area contributed by atoms with Crippen molar-refractivity contribution in [3.63, 3.8) is 0 Å². The third-order valence-electron chi connectivity index (χ3n) is 5.21. The van der Waals surface area contributed by atoms with Gasteiger partial charge < -0.3 is 4.90 Å². The van der Waals surface area contributed by atoms with Gasteiger partial charge in [-0.1, -0.05) is 13.8 Å². The van der Waals surface area contributed by atoms with Gasteiger partial charge in [-0.15, -0.1) is 0 Å². The molecule has 1 aromatic heterocycles. The molecule has 0 bridgehead atoms. The molecule has 1 saturated carbocycles. The Morgan fingerprint density at radius 1 is 1.16 bits per heavy atom. The molecular weight excluding hydrogens is 234 g/mol. The molecule has 1 aromatic rings. The maximum absolute atomic E-state index is 4.45. The second-order valence-corrected chi connectivity index (χ2v) is 6.96. The predicted octanol–water partition coefficient (Wildman–Crippen LogP) is 3.44. The van der Waals surface area contributed by atoms with E-state index in [1.807, 2.05) is 19.3 Å². The molecule has 0 N–H and O–H groups in total. The number of aryl methyl sites for hydroxylation is 1. The minimum Gasteiger partial charge on any atom is -0.341 e. The van der Waals surface area contributed by atoms with Crippen molar-refractivity contribution in [1.29, 1.82) is 0 Å². The summed E-state index contributed by atoms with van der Waals surface area (Å²) >= 11 is 0. The fraction of sp³-hybridized carbons (Fsp3) is 0.750. The lowest BCUT2D eigenvalue weighted by molar-refractivity contribution is 0.00310. The Hall–Kier alpha value is -1.12. The Morgan fingerprint density at radius 3 is 2.26 bits per heavy atom. The van der Waals surface area contributed by atoms with Gasteiger partial charge in [-0.2, -0.15) is 0 Å². The smallest absolute Gasteiger partial charge is 0.225 e. The van der Waals surface area contributed by atoms with E-state index in [-0.39, 0.29) is 0 Å². The number of hydrogen-bond acceptors (Lipinski definition) is 3. The highest BCUT2D eigenvalue weighted by Crippen LogP contribution is 2.54. The zero-order valence-corrected chi connectivity index (χ0v) is 12.4. The Kier molecular flexibility index (Phi) is 3.23. The monoisotopic (exact) mass is 259 g/mol. The average molecular weight is 259 g/mol. The number of hydrogen-bond donors (Lipinski definition) is 0. The lowest BCUT2D eigenvalue weighted by atomic mass is 9.55. The van der Waals surface area contributed by atoms with Gasteiger partial charge in [0.1, 0.15) is 0 Å². The summed E-state index contributed by atoms with van der Waals surface area (Å²) in [6.45, 7) is 9.04. The number of nitrogens with zero attached hydrogens (tertiary/aromatic N) is 3. The molecule has 2 fully saturated rings. The molecule has 3 nitrogen and oxygen atoms in total. The molecule has 19 heavy (non-hydrogen) atoms. The summed E-state index contributed by atoms with van der Waals surface area (Å²) in [6, 6.07) is 0. The number of rotatable bonds is 2. The van der Waals surface area contributed by atoms with Crippen LogP contribution in [-0.2, 0) is 0 Å². The van der Waals surface area contributed by atoms with Gasteiger partial charge in [0.25, 0.3) is 0 Å². The van der Waals surface area contributed by atoms with Gasteiger partial charge in [0.2, 0.25) is 5.95 Å². The van der Waals surface area contributed by atoms with Crippen molar-refractivity contribution in [1.82, 2.24) is 9.97 Å². The lowest BCUT2D eigenvalue weighted by Crippen LogP contribution is -2.48. The largest absolute Gasteiger partial charge is 0.341 e. The first kappa shape index (κ1) is 12.9. The Labute approximate surface area is 116 Å². The van der Waals surface area contributed by atoms with Crippen LogP contribution in [0.25, 0.3) is 0 Å². The molecule has 104 valence electrons. The second kappa shape index (κ2) is 4.77. The Morgan fingerprint density at radius 2 is 1.74 bits per heavy atom. The summed E-state index contributed by atoms with van der Waals surface area (Å²) in [4.78, 5) is 11.3. The molecule has 2 heterocycles. The van der Waals surface area contributed by atoms with Crippen LogP contribution in [0.3, 0.4) is 0 Å². The summed E-state index contributed by atoms with van der Waals surface area (Å²) in [6.07, 6.45) is 9.40. The Bertz CT molecular complexity index is 422. The highest BCUT2D eigenvalue weighted by Gasteiger charge is 2.46. The van der Waals surface area contributed by atoms with Crippen LogP contribution in [0, 0.1) is 24.2 Å². The van der Waals surface area contributed by atoms with Crippen LogP contribution in [0.1, 0.15) is 45.1 Å². The first-order valence-electron chi connectivity index (χ1n) is 7.62. The molecule has 1 saturated heterocycles. The van der Waals surface area contributed by atoms with Crippen molar-refractivity contribution in [2.45, 2.75) is 46.5 Å². The zero-order valence-electron chi connectivity index (χ0n) is 12.4. The van der Waals surface area contributed by atoms with Crippen molar-refractivity contribution < 1.29 is 0 Å². The minimum atomic E-state index is 0.663. The standard InChI is InChI=1S/C16H25N3/c1-12(2)14-8-16(9-14)4-6-19(7-5-16)15-17-10-13(3)11-18-15/h10-12,14H,4-9H2,1-3H3. The second-order valence-electron chi connectivity index (χ2n) is 6.96. The van der Waals surface area contributed by atoms with Gasteiger partial charge >= 0.3 is 0 Å². The highest BCUT2D eigenvalue weighted by molar-refractivity contribution is 5.31. The van der Waals surface area contributed by atoms with Crippen LogP contribution >= 0.6 is 0 Å². The predicted molar refractivity (Wildman–Crippen MR) is 78.2 cm³/mol. The molecule has 1 spiro atoms. The van der Waals surface area contributed by atoms with Gasteiger partial charge in [0, 0.05) is 25.5 Å². The number of aromatic nitrogens is 2. The van der Waals surface area contributed by atoms with E-state index in [2.05, 4.69) is 28.7 Å². The molecule has 2 aliphatic rings. The molecule has 1 aliphatic heterocycles. The SMILES string of the molecule is Cc1cnc(N2CCC3(CC2)CC(C(C)C)C3)nc1. The van der Waals surface area contributed by atoms with Crippen molar-refractivity contribution >= 4 is 5.95 Å². The highest BCUT2D eigenvalue weighted by atomic mass is 15.2. The number of piperidine rings is 1. The van der Waals surface area contributed by atoms with Crippen molar-refractivity contribution in [3.05, 3.63) is 18.0 Å². The normalized spacial score (nSPS) is 22.8. The molecule has 3 heteroatoms. The van der Waals surface area contributed by atoms with Crippen molar-refractivity contribution in [2.75, 3.05) is 18.0 Å². The van der Waals surface area contributed by atoms with Crippen LogP contribution < -0.4 is 4.90 Å². The van der Waals surface area contributed by atoms with E-state index in [0.29, 0.717) is 5.41 Å². The van der Waals surface area contributed by atoms with Crippen molar-refractivity contribution in [2.24, 2.45) is 17.3 Å². The first-order chi connectivity index (χ1) is 9.08. The molecule has 0 radical (unpaired) electrons. The van der Waals surface area contributed by atoms with E-state index in [4.69, 9.17) is 0 Å². The van der Waals surface area contributed by atoms with E-state index in [1.54, 1.807) is 0 Å². The molecule has 0 aromatic carbocycles. The van der Waals surface area contributed by atoms with Gasteiger partial charge in [-0.05, 0) is 55.4 Å². The quantitative estimate of drug-likeness (QED) is 0.814. The summed E-state index contributed by atoms with van der Waals surface area (Å²) in [7, 11) is 0. The molecule has 0 unspecified atom stereocenters. The van der Waals surface area contributed by atoms with Crippen LogP contribution in [0.15, 0.2) is 12.4 Å². The van der Waals surface area contributed by atoms with Gasteiger partial charge in [0.15, 0.2) is 0 Å². The molecule has 0 atom stereocenters. The van der Waals surface area contributed by atoms with Crippen LogP contribution in [-0.4, -0.2) is 23.1 Å². The van der Waals surface area contributed by atoms with Crippen molar-refractivity contribution in [3.8, 4) is 0 Å². The lowest BCUT2D eigenvalue weighted by Gasteiger charge is -2.53. The third kappa shape index (κ3) is 2.47. The summed E-state index contributed by atoms with van der Waals surface area (Å²) in [5.74, 6) is 2.76. The molecular formula is C16H25N3. The van der Waals surface area contributed by atoms with Gasteiger partial charge in [-0.3, -0.25) is 0 Å². The average Bonchev–Trinajstić information content (AvgIpc) is 2.37. The van der Waals surface area contributed by atoms with Crippen LogP contribution in [0.4, 0.5) is 5.95 Å². The maximum atomic E-state index is 4.45. The van der Waals surface area contributed by atoms with Gasteiger partial charge in [0.05, 0.1) is 0 Å². The zero-order chi connectivity index (χ0) is 13.5. The summed E-state index contributed by atoms with van der Waals surface area (Å²) in [5.41, 5.74) is 1.80. The summed E-state index contributed by atoms with van der Waals surface area (Å²) in [5, 5.41) is 0. The van der Waals surface area contributed by atoms with Crippen LogP contribution in [0.2, 0.25) is 0 Å². The minimum absolute atomic E-state index is 0.663. The maximum Gasteiger partial charge on any atom is 0.225 e.